The Balaban J connectivity index is 1.58. The van der Waals surface area contributed by atoms with Crippen LogP contribution in [0.1, 0.15) is 125 Å². The molecule has 2 saturated heterocycles. The summed E-state index contributed by atoms with van der Waals surface area (Å²) in [6.07, 6.45) is 19.9. The molecule has 1 radical (unpaired) electrons. The van der Waals surface area contributed by atoms with Gasteiger partial charge in [0.05, 0.1) is 0 Å². The van der Waals surface area contributed by atoms with Crippen LogP contribution in [0.3, 0.4) is 0 Å². The molecule has 2 heterocycles. The number of nitrogens with zero attached hydrogens (tertiary/aromatic N) is 2. The van der Waals surface area contributed by atoms with E-state index in [-0.39, 0.29) is 0 Å². The molecule has 2 rings (SSSR count). The van der Waals surface area contributed by atoms with Gasteiger partial charge in [0.15, 0.2) is 0 Å². The smallest absolute Gasteiger partial charge is 0.0286 e. The van der Waals surface area contributed by atoms with Crippen LogP contribution in [0.5, 0.6) is 0 Å². The number of likely N-dealkylation sites (tertiary alicyclic amines) is 2. The van der Waals surface area contributed by atoms with E-state index < -0.39 is 0 Å². The Kier molecular flexibility index (Phi) is 9.81. The molecule has 0 bridgehead atoms. The normalized spacial score (nSPS) is 26.1. The molecule has 0 saturated carbocycles. The minimum absolute atomic E-state index is 0.300. The quantitative estimate of drug-likeness (QED) is 0.319. The Labute approximate surface area is 177 Å². The fraction of sp³-hybridized carbons (Fsp3) is 0.962. The van der Waals surface area contributed by atoms with Gasteiger partial charge in [-0.15, -0.1) is 0 Å². The number of rotatable bonds is 12. The summed E-state index contributed by atoms with van der Waals surface area (Å²) >= 11 is 0. The minimum atomic E-state index is 0.300. The lowest BCUT2D eigenvalue weighted by atomic mass is 9.77. The zero-order valence-electron chi connectivity index (χ0n) is 20.2. The highest BCUT2D eigenvalue weighted by atomic mass is 15.3. The summed E-state index contributed by atoms with van der Waals surface area (Å²) in [4.78, 5) is 5.34. The Morgan fingerprint density at radius 2 is 1.29 bits per heavy atom. The van der Waals surface area contributed by atoms with E-state index in [1.807, 2.05) is 0 Å². The molecule has 2 fully saturated rings. The first-order chi connectivity index (χ1) is 13.3. The molecule has 2 heteroatoms. The Bertz CT molecular complexity index is 410. The van der Waals surface area contributed by atoms with Crippen LogP contribution >= 0.6 is 0 Å². The lowest BCUT2D eigenvalue weighted by molar-refractivity contribution is -0.0391. The van der Waals surface area contributed by atoms with E-state index in [0.29, 0.717) is 11.1 Å². The number of hydrogen-bond acceptors (Lipinski definition) is 2. The van der Waals surface area contributed by atoms with Crippen LogP contribution < -0.4 is 0 Å². The first kappa shape index (κ1) is 24.2. The van der Waals surface area contributed by atoms with Crippen LogP contribution in [0.25, 0.3) is 0 Å². The van der Waals surface area contributed by atoms with Gasteiger partial charge in [0.25, 0.3) is 0 Å². The van der Waals surface area contributed by atoms with E-state index in [0.717, 1.165) is 12.0 Å². The molecule has 2 aliphatic heterocycles. The van der Waals surface area contributed by atoms with Gasteiger partial charge in [-0.2, -0.15) is 0 Å². The molecule has 1 unspecified atom stereocenters. The number of piperidine rings is 1. The third-order valence-electron chi connectivity index (χ3n) is 7.84. The van der Waals surface area contributed by atoms with Crippen LogP contribution in [0.15, 0.2) is 0 Å². The Hall–Kier alpha value is -0.0800. The molecule has 0 aromatic carbocycles. The number of unbranched alkanes of at least 4 members (excludes halogenated alkanes) is 9. The summed E-state index contributed by atoms with van der Waals surface area (Å²) in [6.45, 7) is 15.9. The molecule has 0 N–H and O–H groups in total. The maximum absolute atomic E-state index is 2.73. The van der Waals surface area contributed by atoms with Crippen molar-refractivity contribution in [3.05, 3.63) is 6.54 Å². The third kappa shape index (κ3) is 7.31. The zero-order valence-corrected chi connectivity index (χ0v) is 20.2. The third-order valence-corrected chi connectivity index (χ3v) is 7.84. The lowest BCUT2D eigenvalue weighted by Gasteiger charge is -2.55. The first-order valence-electron chi connectivity index (χ1n) is 12.6. The molecule has 2 aliphatic rings. The monoisotopic (exact) mass is 391 g/mol. The summed E-state index contributed by atoms with van der Waals surface area (Å²) in [6, 6.07) is 0.735. The highest BCUT2D eigenvalue weighted by molar-refractivity contribution is 5.04. The predicted molar refractivity (Wildman–Crippen MR) is 125 cm³/mol. The van der Waals surface area contributed by atoms with Gasteiger partial charge in [0, 0.05) is 23.7 Å². The van der Waals surface area contributed by atoms with Gasteiger partial charge < -0.3 is 0 Å². The topological polar surface area (TPSA) is 6.48 Å². The van der Waals surface area contributed by atoms with Crippen molar-refractivity contribution >= 4 is 0 Å². The average molecular weight is 392 g/mol. The fourth-order valence-electron chi connectivity index (χ4n) is 5.71. The molecule has 1 atom stereocenters. The second-order valence-corrected chi connectivity index (χ2v) is 11.2. The van der Waals surface area contributed by atoms with Crippen molar-refractivity contribution in [1.29, 1.82) is 0 Å². The van der Waals surface area contributed by atoms with Gasteiger partial charge >= 0.3 is 0 Å². The van der Waals surface area contributed by atoms with Gasteiger partial charge in [-0.25, -0.2) is 0 Å². The summed E-state index contributed by atoms with van der Waals surface area (Å²) in [5.41, 5.74) is 0.601. The highest BCUT2D eigenvalue weighted by Crippen LogP contribution is 2.41. The molecule has 0 amide bonds. The molecule has 0 aliphatic carbocycles. The molecular weight excluding hydrogens is 340 g/mol. The van der Waals surface area contributed by atoms with E-state index in [9.17, 15) is 0 Å². The van der Waals surface area contributed by atoms with E-state index in [2.05, 4.69) is 58.0 Å². The zero-order chi connectivity index (χ0) is 20.6. The van der Waals surface area contributed by atoms with Gasteiger partial charge in [-0.1, -0.05) is 71.1 Å². The van der Waals surface area contributed by atoms with Crippen LogP contribution in [0.2, 0.25) is 0 Å². The molecule has 2 nitrogen and oxygen atoms in total. The van der Waals surface area contributed by atoms with Crippen LogP contribution in [0.4, 0.5) is 0 Å². The average Bonchev–Trinajstić information content (AvgIpc) is 3.10. The highest BCUT2D eigenvalue weighted by Gasteiger charge is 2.45. The van der Waals surface area contributed by atoms with Crippen molar-refractivity contribution in [3.63, 3.8) is 0 Å². The van der Waals surface area contributed by atoms with E-state index in [1.54, 1.807) is 0 Å². The van der Waals surface area contributed by atoms with Crippen molar-refractivity contribution in [2.24, 2.45) is 5.92 Å². The fourth-order valence-corrected chi connectivity index (χ4v) is 5.71. The maximum atomic E-state index is 2.73. The summed E-state index contributed by atoms with van der Waals surface area (Å²) in [7, 11) is 2.32. The van der Waals surface area contributed by atoms with E-state index in [1.165, 1.54) is 96.4 Å². The lowest BCUT2D eigenvalue weighted by Crippen LogP contribution is -2.62. The SMILES string of the molecule is CCCCCCCCCCCCC1[CH]N(C2CC(C)(C)N(C)C(C)(C)C2)CC1. The standard InChI is InChI=1S/C26H51N2/c1-7-8-9-10-11-12-13-14-15-16-17-23-18-19-28(22-23)24-20-25(2,3)27(6)26(4,5)21-24/h22-24H,7-21H2,1-6H3. The Morgan fingerprint density at radius 3 is 1.82 bits per heavy atom. The summed E-state index contributed by atoms with van der Waals surface area (Å²) in [5, 5.41) is 0. The summed E-state index contributed by atoms with van der Waals surface area (Å²) < 4.78 is 0. The largest absolute Gasteiger partial charge is 0.296 e. The molecular formula is C26H51N2. The first-order valence-corrected chi connectivity index (χ1v) is 12.6. The second kappa shape index (κ2) is 11.3. The second-order valence-electron chi connectivity index (χ2n) is 11.2. The van der Waals surface area contributed by atoms with Gasteiger partial charge in [-0.05, 0) is 72.9 Å². The molecule has 165 valence electrons. The van der Waals surface area contributed by atoms with Crippen molar-refractivity contribution in [1.82, 2.24) is 9.80 Å². The van der Waals surface area contributed by atoms with E-state index in [4.69, 9.17) is 0 Å². The molecule has 0 aromatic heterocycles. The van der Waals surface area contributed by atoms with Crippen molar-refractivity contribution in [2.75, 3.05) is 13.6 Å². The minimum Gasteiger partial charge on any atom is -0.296 e. The molecule has 0 aromatic rings. The van der Waals surface area contributed by atoms with Crippen LogP contribution in [-0.2, 0) is 0 Å². The van der Waals surface area contributed by atoms with Gasteiger partial charge in [-0.3, -0.25) is 9.80 Å². The van der Waals surface area contributed by atoms with Crippen LogP contribution in [0, 0.1) is 12.5 Å². The Morgan fingerprint density at radius 1 is 0.786 bits per heavy atom. The molecule has 0 spiro atoms. The van der Waals surface area contributed by atoms with Crippen molar-refractivity contribution < 1.29 is 0 Å². The van der Waals surface area contributed by atoms with Crippen molar-refractivity contribution in [3.8, 4) is 0 Å². The maximum Gasteiger partial charge on any atom is 0.0286 e. The van der Waals surface area contributed by atoms with Crippen LogP contribution in [-0.4, -0.2) is 40.5 Å². The van der Waals surface area contributed by atoms with Crippen molar-refractivity contribution in [2.45, 2.75) is 142 Å². The number of hydrogen-bond donors (Lipinski definition) is 0. The van der Waals surface area contributed by atoms with E-state index >= 15 is 0 Å². The predicted octanol–water partition coefficient (Wildman–Crippen LogP) is 7.43. The molecule has 28 heavy (non-hydrogen) atoms. The van der Waals surface area contributed by atoms with Gasteiger partial charge in [0.2, 0.25) is 0 Å². The summed E-state index contributed by atoms with van der Waals surface area (Å²) in [5.74, 6) is 0.847. The van der Waals surface area contributed by atoms with Gasteiger partial charge in [0.1, 0.15) is 0 Å².